The molecule has 0 atom stereocenters. The average Bonchev–Trinajstić information content (AvgIpc) is 2.97. The van der Waals surface area contributed by atoms with Crippen molar-refractivity contribution in [2.24, 2.45) is 0 Å². The maximum Gasteiger partial charge on any atom is 0.141 e. The molecular weight excluding hydrogens is 323 g/mol. The van der Waals surface area contributed by atoms with Crippen LogP contribution in [0.15, 0.2) is 60.7 Å². The number of fused-ring (bicyclic) bond motifs is 1. The largest absolute Gasteiger partial charge is 0.319 e. The number of hydrogen-bond acceptors (Lipinski definition) is 1. The molecule has 0 bridgehead atoms. The van der Waals surface area contributed by atoms with E-state index in [2.05, 4.69) is 43.5 Å². The Morgan fingerprint density at radius 1 is 0.885 bits per heavy atom. The van der Waals surface area contributed by atoms with Gasteiger partial charge in [0.05, 0.1) is 17.6 Å². The highest BCUT2D eigenvalue weighted by Crippen LogP contribution is 2.28. The summed E-state index contributed by atoms with van der Waals surface area (Å²) in [6.07, 6.45) is 0. The van der Waals surface area contributed by atoms with Gasteiger partial charge >= 0.3 is 0 Å². The van der Waals surface area contributed by atoms with Crippen LogP contribution in [0.25, 0.3) is 22.4 Å². The molecule has 0 aliphatic heterocycles. The normalized spacial score (nSPS) is 11.2. The zero-order valence-corrected chi connectivity index (χ0v) is 15.3. The Hall–Kier alpha value is -2.94. The molecule has 0 saturated heterocycles. The number of halogens is 1. The van der Waals surface area contributed by atoms with Crippen LogP contribution in [-0.4, -0.2) is 9.55 Å². The van der Waals surface area contributed by atoms with Gasteiger partial charge in [0.15, 0.2) is 0 Å². The van der Waals surface area contributed by atoms with E-state index >= 15 is 0 Å². The third-order valence-corrected chi connectivity index (χ3v) is 4.91. The summed E-state index contributed by atoms with van der Waals surface area (Å²) in [4.78, 5) is 4.83. The van der Waals surface area contributed by atoms with Crippen molar-refractivity contribution in [3.05, 3.63) is 88.7 Å². The van der Waals surface area contributed by atoms with Crippen molar-refractivity contribution in [2.75, 3.05) is 0 Å². The Morgan fingerprint density at radius 3 is 2.23 bits per heavy atom. The first-order valence-electron chi connectivity index (χ1n) is 8.81. The molecule has 0 aliphatic rings. The molecule has 0 N–H and O–H groups in total. The van der Waals surface area contributed by atoms with Crippen LogP contribution in [0.4, 0.5) is 4.39 Å². The van der Waals surface area contributed by atoms with E-state index in [1.54, 1.807) is 12.1 Å². The second-order valence-corrected chi connectivity index (χ2v) is 6.89. The molecule has 0 aliphatic carbocycles. The molecule has 26 heavy (non-hydrogen) atoms. The van der Waals surface area contributed by atoms with Crippen molar-refractivity contribution in [2.45, 2.75) is 27.3 Å². The van der Waals surface area contributed by atoms with Gasteiger partial charge in [-0.15, -0.1) is 0 Å². The molecule has 2 nitrogen and oxygen atoms in total. The lowest BCUT2D eigenvalue weighted by Crippen LogP contribution is -2.06. The highest BCUT2D eigenvalue weighted by atomic mass is 19.1. The lowest BCUT2D eigenvalue weighted by Gasteiger charge is -2.15. The number of aromatic nitrogens is 2. The smallest absolute Gasteiger partial charge is 0.141 e. The molecule has 3 heteroatoms. The summed E-state index contributed by atoms with van der Waals surface area (Å²) in [5.41, 5.74) is 8.11. The number of rotatable bonds is 3. The first-order chi connectivity index (χ1) is 12.5. The Balaban J connectivity index is 1.91. The number of imidazole rings is 1. The molecule has 0 fully saturated rings. The third kappa shape index (κ3) is 2.90. The first-order valence-corrected chi connectivity index (χ1v) is 8.81. The molecule has 130 valence electrons. The maximum atomic E-state index is 13.4. The van der Waals surface area contributed by atoms with Crippen molar-refractivity contribution >= 4 is 11.0 Å². The number of aryl methyl sites for hydroxylation is 3. The van der Waals surface area contributed by atoms with Crippen LogP contribution in [0, 0.1) is 26.6 Å². The Morgan fingerprint density at radius 2 is 1.54 bits per heavy atom. The van der Waals surface area contributed by atoms with E-state index in [-0.39, 0.29) is 5.82 Å². The molecule has 4 aromatic rings. The van der Waals surface area contributed by atoms with Gasteiger partial charge in [-0.05, 0) is 73.9 Å². The van der Waals surface area contributed by atoms with E-state index in [1.807, 2.05) is 18.2 Å². The van der Waals surface area contributed by atoms with E-state index in [1.165, 1.54) is 34.4 Å². The van der Waals surface area contributed by atoms with E-state index in [9.17, 15) is 4.39 Å². The topological polar surface area (TPSA) is 17.8 Å². The Bertz CT molecular complexity index is 1070. The number of benzene rings is 3. The van der Waals surface area contributed by atoms with E-state index < -0.39 is 0 Å². The zero-order chi connectivity index (χ0) is 18.3. The maximum absolute atomic E-state index is 13.4. The predicted octanol–water partition coefficient (Wildman–Crippen LogP) is 5.82. The van der Waals surface area contributed by atoms with Gasteiger partial charge in [0.2, 0.25) is 0 Å². The van der Waals surface area contributed by atoms with E-state index in [0.29, 0.717) is 0 Å². The van der Waals surface area contributed by atoms with Crippen LogP contribution in [0.5, 0.6) is 0 Å². The molecule has 4 rings (SSSR count). The number of hydrogen-bond donors (Lipinski definition) is 0. The molecule has 3 aromatic carbocycles. The zero-order valence-electron chi connectivity index (χ0n) is 15.3. The SMILES string of the molecule is Cc1cc(C)c(Cn2c(-c3ccc(F)cc3)nc3ccccc32)c(C)c1. The van der Waals surface area contributed by atoms with Crippen LogP contribution in [-0.2, 0) is 6.54 Å². The van der Waals surface area contributed by atoms with Gasteiger partial charge < -0.3 is 4.57 Å². The van der Waals surface area contributed by atoms with Gasteiger partial charge in [-0.2, -0.15) is 0 Å². The van der Waals surface area contributed by atoms with Crippen LogP contribution < -0.4 is 0 Å². The minimum absolute atomic E-state index is 0.235. The first kappa shape index (κ1) is 16.5. The van der Waals surface area contributed by atoms with Crippen molar-refractivity contribution in [3.8, 4) is 11.4 Å². The Kier molecular flexibility index (Phi) is 4.08. The monoisotopic (exact) mass is 344 g/mol. The lowest BCUT2D eigenvalue weighted by atomic mass is 9.99. The Labute approximate surface area is 152 Å². The van der Waals surface area contributed by atoms with Crippen molar-refractivity contribution < 1.29 is 4.39 Å². The summed E-state index contributed by atoms with van der Waals surface area (Å²) >= 11 is 0. The number of para-hydroxylation sites is 2. The van der Waals surface area contributed by atoms with Crippen LogP contribution >= 0.6 is 0 Å². The molecule has 1 aromatic heterocycles. The fourth-order valence-electron chi connectivity index (χ4n) is 3.67. The van der Waals surface area contributed by atoms with E-state index in [0.717, 1.165) is 29.0 Å². The quantitative estimate of drug-likeness (QED) is 0.458. The predicted molar refractivity (Wildman–Crippen MR) is 105 cm³/mol. The second kappa shape index (κ2) is 6.41. The summed E-state index contributed by atoms with van der Waals surface area (Å²) in [7, 11) is 0. The van der Waals surface area contributed by atoms with Gasteiger partial charge in [0.1, 0.15) is 11.6 Å². The highest BCUT2D eigenvalue weighted by Gasteiger charge is 2.15. The minimum Gasteiger partial charge on any atom is -0.319 e. The summed E-state index contributed by atoms with van der Waals surface area (Å²) < 4.78 is 15.6. The number of nitrogens with zero attached hydrogens (tertiary/aromatic N) is 2. The van der Waals surface area contributed by atoms with Gasteiger partial charge in [-0.3, -0.25) is 0 Å². The summed E-state index contributed by atoms with van der Waals surface area (Å²) in [5, 5.41) is 0. The van der Waals surface area contributed by atoms with Crippen molar-refractivity contribution in [1.82, 2.24) is 9.55 Å². The second-order valence-electron chi connectivity index (χ2n) is 6.89. The van der Waals surface area contributed by atoms with Crippen LogP contribution in [0.2, 0.25) is 0 Å². The minimum atomic E-state index is -0.235. The molecule has 0 saturated carbocycles. The van der Waals surface area contributed by atoms with Gasteiger partial charge in [0.25, 0.3) is 0 Å². The fourth-order valence-corrected chi connectivity index (χ4v) is 3.67. The highest BCUT2D eigenvalue weighted by molar-refractivity contribution is 5.80. The van der Waals surface area contributed by atoms with Crippen LogP contribution in [0.3, 0.4) is 0 Å². The fraction of sp³-hybridized carbons (Fsp3) is 0.174. The third-order valence-electron chi connectivity index (χ3n) is 4.91. The summed E-state index contributed by atoms with van der Waals surface area (Å²) in [6.45, 7) is 7.18. The van der Waals surface area contributed by atoms with Gasteiger partial charge in [-0.1, -0.05) is 29.8 Å². The molecule has 1 heterocycles. The van der Waals surface area contributed by atoms with Gasteiger partial charge in [0, 0.05) is 5.56 Å². The molecule has 0 spiro atoms. The summed E-state index contributed by atoms with van der Waals surface area (Å²) in [5.74, 6) is 0.632. The summed E-state index contributed by atoms with van der Waals surface area (Å²) in [6, 6.07) is 19.1. The molecule has 0 unspecified atom stereocenters. The molecule has 0 radical (unpaired) electrons. The molecule has 0 amide bonds. The molecular formula is C23H21FN2. The van der Waals surface area contributed by atoms with Crippen molar-refractivity contribution in [3.63, 3.8) is 0 Å². The van der Waals surface area contributed by atoms with Gasteiger partial charge in [-0.25, -0.2) is 9.37 Å². The van der Waals surface area contributed by atoms with Crippen LogP contribution in [0.1, 0.15) is 22.3 Å². The lowest BCUT2D eigenvalue weighted by molar-refractivity contribution is 0.628. The van der Waals surface area contributed by atoms with E-state index in [4.69, 9.17) is 4.98 Å². The average molecular weight is 344 g/mol. The van der Waals surface area contributed by atoms with Crippen molar-refractivity contribution in [1.29, 1.82) is 0 Å². The standard InChI is InChI=1S/C23H21FN2/c1-15-12-16(2)20(17(3)13-15)14-26-22-7-5-4-6-21(22)25-23(26)18-8-10-19(24)11-9-18/h4-13H,14H2,1-3H3.